The Morgan fingerprint density at radius 3 is 1.29 bits per heavy atom. The molecule has 2 rings (SSSR count). The minimum Gasteiger partial charge on any atom is -0.198 e. The highest BCUT2D eigenvalue weighted by Gasteiger charge is 2.30. The van der Waals surface area contributed by atoms with Gasteiger partial charge in [0.25, 0.3) is 0 Å². The lowest BCUT2D eigenvalue weighted by molar-refractivity contribution is 0.532. The van der Waals surface area contributed by atoms with E-state index in [0.29, 0.717) is 6.42 Å². The SMILES string of the molecule is CCCCCCCCCCCCCCCCCCSC1=C(SC)S/C(=C2\SC(SC)=C(SCCC#N)S2)S1. The molecule has 0 bridgehead atoms. The van der Waals surface area contributed by atoms with Crippen molar-refractivity contribution < 1.29 is 0 Å². The van der Waals surface area contributed by atoms with Gasteiger partial charge in [-0.15, -0.1) is 47.0 Å². The summed E-state index contributed by atoms with van der Waals surface area (Å²) in [5, 5.41) is 8.87. The fraction of sp³-hybridized carbons (Fsp3) is 0.759. The van der Waals surface area contributed by atoms with Gasteiger partial charge in [-0.05, 0) is 24.7 Å². The molecule has 2 aliphatic rings. The van der Waals surface area contributed by atoms with E-state index in [4.69, 9.17) is 5.26 Å². The second-order valence-electron chi connectivity index (χ2n) is 9.45. The van der Waals surface area contributed by atoms with Crippen molar-refractivity contribution in [3.05, 3.63) is 25.4 Å². The predicted octanol–water partition coefficient (Wildman–Crippen LogP) is 13.7. The van der Waals surface area contributed by atoms with E-state index in [2.05, 4.69) is 37.3 Å². The Morgan fingerprint density at radius 2 is 0.895 bits per heavy atom. The number of thioether (sulfide) groups is 8. The Kier molecular flexibility index (Phi) is 22.6. The van der Waals surface area contributed by atoms with E-state index in [1.165, 1.54) is 134 Å². The lowest BCUT2D eigenvalue weighted by atomic mass is 10.0. The maximum absolute atomic E-state index is 8.87. The molecule has 1 nitrogen and oxygen atoms in total. The maximum atomic E-state index is 8.87. The minimum atomic E-state index is 0.620. The number of hydrogen-bond donors (Lipinski definition) is 0. The molecule has 0 radical (unpaired) electrons. The summed E-state index contributed by atoms with van der Waals surface area (Å²) in [4.78, 5) is 0. The van der Waals surface area contributed by atoms with Crippen LogP contribution >= 0.6 is 94.1 Å². The van der Waals surface area contributed by atoms with E-state index < -0.39 is 0 Å². The van der Waals surface area contributed by atoms with E-state index in [9.17, 15) is 0 Å². The summed E-state index contributed by atoms with van der Waals surface area (Å²) in [6, 6.07) is 2.27. The summed E-state index contributed by atoms with van der Waals surface area (Å²) in [7, 11) is 0. The van der Waals surface area contributed by atoms with Gasteiger partial charge in [0.2, 0.25) is 0 Å². The maximum Gasteiger partial charge on any atom is 0.0717 e. The van der Waals surface area contributed by atoms with Gasteiger partial charge in [-0.1, -0.05) is 150 Å². The average Bonchev–Trinajstić information content (AvgIpc) is 3.54. The second-order valence-corrected chi connectivity index (χ2v) is 18.9. The van der Waals surface area contributed by atoms with Gasteiger partial charge in [0.1, 0.15) is 0 Å². The van der Waals surface area contributed by atoms with E-state index in [0.717, 1.165) is 5.75 Å². The molecule has 0 unspecified atom stereocenters. The molecule has 2 aliphatic heterocycles. The van der Waals surface area contributed by atoms with Crippen LogP contribution in [0.5, 0.6) is 0 Å². The zero-order valence-electron chi connectivity index (χ0n) is 23.6. The molecule has 0 saturated heterocycles. The summed E-state index contributed by atoms with van der Waals surface area (Å²) in [5.41, 5.74) is 0. The summed E-state index contributed by atoms with van der Waals surface area (Å²) in [6.45, 7) is 2.30. The first-order valence-electron chi connectivity index (χ1n) is 14.4. The van der Waals surface area contributed by atoms with E-state index >= 15 is 0 Å². The first-order valence-corrected chi connectivity index (χ1v) is 22.1. The van der Waals surface area contributed by atoms with Crippen molar-refractivity contribution in [2.24, 2.45) is 0 Å². The number of rotatable bonds is 23. The number of hydrogen-bond acceptors (Lipinski definition) is 9. The molecule has 0 atom stereocenters. The third-order valence-corrected chi connectivity index (χ3v) is 17.6. The van der Waals surface area contributed by atoms with Crippen LogP contribution in [0, 0.1) is 11.3 Å². The van der Waals surface area contributed by atoms with Crippen LogP contribution in [0.15, 0.2) is 25.4 Å². The Labute approximate surface area is 268 Å². The second kappa shape index (κ2) is 24.0. The molecule has 0 saturated carbocycles. The molecule has 0 fully saturated rings. The van der Waals surface area contributed by atoms with Crippen molar-refractivity contribution >= 4 is 94.1 Å². The summed E-state index contributed by atoms with van der Waals surface area (Å²) in [5.74, 6) is 2.14. The van der Waals surface area contributed by atoms with Crippen LogP contribution in [0.25, 0.3) is 0 Å². The normalized spacial score (nSPS) is 17.7. The van der Waals surface area contributed by atoms with Gasteiger partial charge < -0.3 is 0 Å². The molecule has 0 spiro atoms. The van der Waals surface area contributed by atoms with Crippen molar-refractivity contribution in [2.75, 3.05) is 24.0 Å². The molecule has 0 aromatic rings. The first-order chi connectivity index (χ1) is 18.7. The van der Waals surface area contributed by atoms with Crippen LogP contribution in [0.2, 0.25) is 0 Å². The molecule has 0 aromatic heterocycles. The van der Waals surface area contributed by atoms with Crippen molar-refractivity contribution in [2.45, 2.75) is 116 Å². The van der Waals surface area contributed by atoms with Gasteiger partial charge in [-0.2, -0.15) is 5.26 Å². The fourth-order valence-corrected chi connectivity index (χ4v) is 15.3. The molecule has 0 aliphatic carbocycles. The van der Waals surface area contributed by atoms with Crippen molar-refractivity contribution in [1.82, 2.24) is 0 Å². The van der Waals surface area contributed by atoms with Crippen LogP contribution < -0.4 is 0 Å². The number of nitrogens with zero attached hydrogens (tertiary/aromatic N) is 1. The molecular formula is C29H47NS8. The van der Waals surface area contributed by atoms with Crippen molar-refractivity contribution in [1.29, 1.82) is 5.26 Å². The van der Waals surface area contributed by atoms with E-state index in [1.807, 2.05) is 82.3 Å². The van der Waals surface area contributed by atoms with Crippen LogP contribution in [0.3, 0.4) is 0 Å². The molecule has 9 heteroatoms. The minimum absolute atomic E-state index is 0.620. The smallest absolute Gasteiger partial charge is 0.0717 e. The standard InChI is InChI=1S/C29H47NS8/c1-4-5-6-7-8-9-10-11-12-13-14-15-16-17-18-19-22-33-26-24(31-2)35-28(37-26)29-36-25(32-3)27(38-29)34-23-20-21-30/h4-20,22-23H2,1-3H3/b29-28-. The van der Waals surface area contributed by atoms with Crippen molar-refractivity contribution in [3.63, 3.8) is 0 Å². The third kappa shape index (κ3) is 15.1. The van der Waals surface area contributed by atoms with Gasteiger partial charge in [0, 0.05) is 12.2 Å². The molecule has 0 amide bonds. The highest BCUT2D eigenvalue weighted by molar-refractivity contribution is 8.45. The largest absolute Gasteiger partial charge is 0.198 e. The van der Waals surface area contributed by atoms with Crippen LogP contribution in [0.1, 0.15) is 116 Å². The highest BCUT2D eigenvalue weighted by Crippen LogP contribution is 2.65. The van der Waals surface area contributed by atoms with Gasteiger partial charge in [0.05, 0.1) is 31.5 Å². The van der Waals surface area contributed by atoms with Gasteiger partial charge >= 0.3 is 0 Å². The summed E-state index contributed by atoms with van der Waals surface area (Å²) in [6.07, 6.45) is 27.9. The average molecular weight is 666 g/mol. The summed E-state index contributed by atoms with van der Waals surface area (Å²) >= 11 is 15.5. The van der Waals surface area contributed by atoms with Gasteiger partial charge in [0.15, 0.2) is 0 Å². The monoisotopic (exact) mass is 665 g/mol. The molecule has 0 aromatic carbocycles. The lowest BCUT2D eigenvalue weighted by Gasteiger charge is -2.05. The topological polar surface area (TPSA) is 23.8 Å². The first kappa shape index (κ1) is 35.7. The Morgan fingerprint density at radius 1 is 0.526 bits per heavy atom. The lowest BCUT2D eigenvalue weighted by Crippen LogP contribution is -1.85. The molecule has 2 heterocycles. The number of unbranched alkanes of at least 4 members (excludes halogenated alkanes) is 15. The zero-order chi connectivity index (χ0) is 27.3. The number of nitriles is 1. The Bertz CT molecular complexity index is 799. The van der Waals surface area contributed by atoms with Crippen LogP contribution in [-0.4, -0.2) is 24.0 Å². The van der Waals surface area contributed by atoms with Gasteiger partial charge in [-0.25, -0.2) is 0 Å². The molecule has 216 valence electrons. The Hall–Kier alpha value is 1.51. The zero-order valence-corrected chi connectivity index (χ0v) is 30.2. The molecule has 0 N–H and O–H groups in total. The molecule has 38 heavy (non-hydrogen) atoms. The predicted molar refractivity (Wildman–Crippen MR) is 193 cm³/mol. The van der Waals surface area contributed by atoms with E-state index in [-0.39, 0.29) is 0 Å². The van der Waals surface area contributed by atoms with Crippen LogP contribution in [0.4, 0.5) is 0 Å². The highest BCUT2D eigenvalue weighted by atomic mass is 32.3. The molecular weight excluding hydrogens is 619 g/mol. The third-order valence-electron chi connectivity index (χ3n) is 6.29. The van der Waals surface area contributed by atoms with Gasteiger partial charge in [-0.3, -0.25) is 0 Å². The summed E-state index contributed by atoms with van der Waals surface area (Å²) < 4.78 is 8.69. The quantitative estimate of drug-likeness (QED) is 0.0987. The fourth-order valence-electron chi connectivity index (χ4n) is 4.14. The van der Waals surface area contributed by atoms with Crippen LogP contribution in [-0.2, 0) is 0 Å². The Balaban J connectivity index is 1.51. The van der Waals surface area contributed by atoms with Crippen molar-refractivity contribution in [3.8, 4) is 6.07 Å². The van der Waals surface area contributed by atoms with E-state index in [1.54, 1.807) is 0 Å².